The molecule has 18 atom stereocenters. The first-order valence-corrected chi connectivity index (χ1v) is 18.5. The number of esters is 1. The number of cyclic esters (lactones) is 1. The van der Waals surface area contributed by atoms with Crippen LogP contribution in [0.4, 0.5) is 0 Å². The first-order valence-electron chi connectivity index (χ1n) is 18.5. The molecule has 290 valence electrons. The summed E-state index contributed by atoms with van der Waals surface area (Å²) in [6, 6.07) is -0.267. The van der Waals surface area contributed by atoms with Crippen molar-refractivity contribution in [3.05, 3.63) is 0 Å². The second-order valence-corrected chi connectivity index (χ2v) is 16.5. The summed E-state index contributed by atoms with van der Waals surface area (Å²) in [6.45, 7) is 17.9. The highest BCUT2D eigenvalue weighted by Gasteiger charge is 2.58. The largest absolute Gasteiger partial charge is 0.459 e. The van der Waals surface area contributed by atoms with Gasteiger partial charge in [-0.1, -0.05) is 27.7 Å². The maximum Gasteiger partial charge on any atom is 0.311 e. The molecule has 0 saturated carbocycles. The van der Waals surface area contributed by atoms with E-state index in [0.717, 1.165) is 0 Å². The minimum Gasteiger partial charge on any atom is -0.459 e. The van der Waals surface area contributed by atoms with Crippen LogP contribution in [-0.2, 0) is 42.7 Å². The van der Waals surface area contributed by atoms with Gasteiger partial charge in [-0.25, -0.2) is 0 Å². The molecule has 4 fully saturated rings. The number of carbonyl (C=O) groups is 2. The molecule has 0 aromatic heterocycles. The zero-order chi connectivity index (χ0) is 37.7. The molecule has 13 heteroatoms. The van der Waals surface area contributed by atoms with Crippen molar-refractivity contribution < 1.29 is 58.1 Å². The van der Waals surface area contributed by atoms with E-state index in [0.29, 0.717) is 12.8 Å². The predicted molar refractivity (Wildman–Crippen MR) is 183 cm³/mol. The van der Waals surface area contributed by atoms with Crippen LogP contribution in [0.5, 0.6) is 0 Å². The fourth-order valence-corrected chi connectivity index (χ4v) is 9.01. The zero-order valence-corrected chi connectivity index (χ0v) is 32.5. The number of ketones is 1. The Morgan fingerprint density at radius 2 is 1.58 bits per heavy atom. The van der Waals surface area contributed by atoms with Crippen LogP contribution in [0.1, 0.15) is 94.9 Å². The Morgan fingerprint density at radius 1 is 0.940 bits per heavy atom. The topological polar surface area (TPSA) is 163 Å². The molecule has 4 aliphatic rings. The van der Waals surface area contributed by atoms with Crippen molar-refractivity contribution in [1.82, 2.24) is 4.90 Å². The van der Waals surface area contributed by atoms with Crippen molar-refractivity contribution in [2.24, 2.45) is 23.7 Å². The Kier molecular flexibility index (Phi) is 13.0. The number of Topliss-reactive ketones (excluding diaryl/α,β-unsaturated/α-hetero) is 1. The van der Waals surface area contributed by atoms with E-state index in [9.17, 15) is 24.9 Å². The van der Waals surface area contributed by atoms with Gasteiger partial charge in [-0.05, 0) is 80.8 Å². The smallest absolute Gasteiger partial charge is 0.311 e. The average Bonchev–Trinajstić information content (AvgIpc) is 3.28. The third kappa shape index (κ3) is 7.97. The molecule has 0 aliphatic carbocycles. The second-order valence-electron chi connectivity index (χ2n) is 16.5. The van der Waals surface area contributed by atoms with Crippen LogP contribution < -0.4 is 0 Å². The van der Waals surface area contributed by atoms with Gasteiger partial charge in [0.25, 0.3) is 0 Å². The number of aliphatic hydroxyl groups is 3. The van der Waals surface area contributed by atoms with Crippen molar-refractivity contribution in [3.8, 4) is 0 Å². The number of likely N-dealkylation sites (N-methyl/N-ethyl adjacent to an activating group) is 1. The van der Waals surface area contributed by atoms with E-state index < -0.39 is 95.8 Å². The first-order chi connectivity index (χ1) is 23.1. The van der Waals surface area contributed by atoms with Gasteiger partial charge in [-0.3, -0.25) is 9.59 Å². The van der Waals surface area contributed by atoms with E-state index >= 15 is 0 Å². The van der Waals surface area contributed by atoms with Gasteiger partial charge in [0, 0.05) is 31.4 Å². The maximum absolute atomic E-state index is 14.2. The Morgan fingerprint density at radius 3 is 2.16 bits per heavy atom. The van der Waals surface area contributed by atoms with E-state index in [1.807, 2.05) is 53.6 Å². The molecule has 0 amide bonds. The van der Waals surface area contributed by atoms with Crippen molar-refractivity contribution in [1.29, 1.82) is 0 Å². The van der Waals surface area contributed by atoms with Crippen molar-refractivity contribution >= 4 is 11.8 Å². The minimum absolute atomic E-state index is 0.156. The number of methoxy groups -OCH3 is 1. The van der Waals surface area contributed by atoms with E-state index in [4.69, 9.17) is 33.2 Å². The van der Waals surface area contributed by atoms with Crippen LogP contribution in [-0.4, -0.2) is 137 Å². The lowest BCUT2D eigenvalue weighted by atomic mass is 9.75. The molecule has 18 unspecified atom stereocenters. The highest BCUT2D eigenvalue weighted by atomic mass is 16.7. The third-order valence-electron chi connectivity index (χ3n) is 12.1. The highest BCUT2D eigenvalue weighted by molar-refractivity contribution is 5.92. The lowest BCUT2D eigenvalue weighted by Crippen LogP contribution is -2.60. The lowest BCUT2D eigenvalue weighted by Gasteiger charge is -2.48. The first kappa shape index (κ1) is 41.5. The van der Waals surface area contributed by atoms with Gasteiger partial charge in [0.15, 0.2) is 24.0 Å². The van der Waals surface area contributed by atoms with Crippen LogP contribution in [0.2, 0.25) is 0 Å². The molecule has 0 spiro atoms. The van der Waals surface area contributed by atoms with Crippen LogP contribution in [0.15, 0.2) is 0 Å². The number of ether oxygens (including phenoxy) is 7. The fourth-order valence-electron chi connectivity index (χ4n) is 9.01. The number of nitrogens with zero attached hydrogens (tertiary/aromatic N) is 1. The van der Waals surface area contributed by atoms with Gasteiger partial charge in [-0.15, -0.1) is 0 Å². The van der Waals surface area contributed by atoms with Crippen molar-refractivity contribution in [2.75, 3.05) is 21.2 Å². The van der Waals surface area contributed by atoms with E-state index in [1.54, 1.807) is 34.6 Å². The molecule has 13 nitrogen and oxygen atoms in total. The van der Waals surface area contributed by atoms with Crippen molar-refractivity contribution in [3.63, 3.8) is 0 Å². The van der Waals surface area contributed by atoms with Crippen LogP contribution in [0.25, 0.3) is 0 Å². The molecule has 4 saturated heterocycles. The summed E-state index contributed by atoms with van der Waals surface area (Å²) in [4.78, 5) is 29.9. The quantitative estimate of drug-likeness (QED) is 0.330. The second kappa shape index (κ2) is 15.6. The van der Waals surface area contributed by atoms with Gasteiger partial charge in [0.2, 0.25) is 0 Å². The number of hydrogen-bond acceptors (Lipinski definition) is 13. The van der Waals surface area contributed by atoms with Gasteiger partial charge < -0.3 is 53.4 Å². The number of fused-ring (bicyclic) bond motifs is 2. The number of rotatable bonds is 7. The molecule has 4 rings (SSSR count). The Bertz CT molecular complexity index is 1190. The molecular weight excluding hydrogens is 650 g/mol. The predicted octanol–water partition coefficient (Wildman–Crippen LogP) is 2.83. The van der Waals surface area contributed by atoms with Crippen molar-refractivity contribution in [2.45, 2.75) is 179 Å². The zero-order valence-electron chi connectivity index (χ0n) is 32.5. The van der Waals surface area contributed by atoms with Crippen LogP contribution in [0, 0.1) is 23.7 Å². The molecule has 0 aromatic carbocycles. The summed E-state index contributed by atoms with van der Waals surface area (Å²) in [7, 11) is 5.29. The lowest BCUT2D eigenvalue weighted by molar-refractivity contribution is -0.318. The van der Waals surface area contributed by atoms with Gasteiger partial charge in [0.1, 0.15) is 18.3 Å². The maximum atomic E-state index is 14.2. The molecule has 4 heterocycles. The molecule has 2 bridgehead atoms. The minimum atomic E-state index is -1.59. The summed E-state index contributed by atoms with van der Waals surface area (Å²) < 4.78 is 44.1. The fraction of sp³-hybridized carbons (Fsp3) is 0.946. The number of carbonyl (C=O) groups excluding carboxylic acids is 2. The highest BCUT2D eigenvalue weighted by Crippen LogP contribution is 2.45. The molecule has 4 aliphatic heterocycles. The third-order valence-corrected chi connectivity index (χ3v) is 12.1. The molecular formula is C37H65NO12. The Labute approximate surface area is 298 Å². The summed E-state index contributed by atoms with van der Waals surface area (Å²) in [5, 5.41) is 34.9. The summed E-state index contributed by atoms with van der Waals surface area (Å²) in [6.07, 6.45) is -7.07. The number of hydrogen-bond donors (Lipinski definition) is 3. The van der Waals surface area contributed by atoms with Crippen LogP contribution >= 0.6 is 0 Å². The number of aliphatic hydroxyl groups excluding tert-OH is 2. The Hall–Kier alpha value is -1.26. The SMILES string of the molecule is CCC1OC(=O)C(C)C(OC2CC(C)(OC)C(O)C(C)O2)C(C)C(OC2OC(C)CC(N(C)C)C2O)C(C)(O)CC(C)C2OC1(C)C(=O)C2C. The van der Waals surface area contributed by atoms with E-state index in [2.05, 4.69) is 0 Å². The average molecular weight is 716 g/mol. The molecule has 0 aromatic rings. The normalized spacial score (nSPS) is 51.1. The molecule has 50 heavy (non-hydrogen) atoms. The van der Waals surface area contributed by atoms with Gasteiger partial charge in [0.05, 0.1) is 47.6 Å². The standard InChI is InChI=1S/C37H65NO12/c1-14-25-37(10)30(40)20(4)28(50-37)18(2)16-35(8,43)32(49-34-27(39)24(38(11)12)15-19(3)45-34)21(5)29(22(6)33(42)47-25)48-26-17-36(9,44-13)31(41)23(7)46-26/h18-29,31-32,34,39,41,43H,14-17H2,1-13H3. The monoisotopic (exact) mass is 715 g/mol. The Balaban J connectivity index is 1.82. The van der Waals surface area contributed by atoms with Gasteiger partial charge in [-0.2, -0.15) is 0 Å². The summed E-state index contributed by atoms with van der Waals surface area (Å²) in [5.41, 5.74) is -3.97. The molecule has 3 N–H and O–H groups in total. The van der Waals surface area contributed by atoms with E-state index in [-0.39, 0.29) is 36.7 Å². The van der Waals surface area contributed by atoms with Crippen LogP contribution in [0.3, 0.4) is 0 Å². The summed E-state index contributed by atoms with van der Waals surface area (Å²) >= 11 is 0. The molecule has 0 radical (unpaired) electrons. The van der Waals surface area contributed by atoms with E-state index in [1.165, 1.54) is 7.11 Å². The summed E-state index contributed by atoms with van der Waals surface area (Å²) in [5.74, 6) is -3.25. The van der Waals surface area contributed by atoms with Gasteiger partial charge >= 0.3 is 5.97 Å².